The monoisotopic (exact) mass is 482 g/mol. The van der Waals surface area contributed by atoms with Crippen molar-refractivity contribution in [2.24, 2.45) is 0 Å². The van der Waals surface area contributed by atoms with Gasteiger partial charge in [0.1, 0.15) is 30.5 Å². The number of ether oxygens (including phenoxy) is 1. The Morgan fingerprint density at radius 1 is 1.11 bits per heavy atom. The van der Waals surface area contributed by atoms with Crippen LogP contribution in [0.25, 0.3) is 22.6 Å². The SMILES string of the molecule is Cc1cc(Nc2ncnc3ccc(C=CC(=O)NCCO)cc23)ccc1Oc1cc2nncn2cn1. The number of carbonyl (C=O) groups excluding carboxylic acids is 1. The van der Waals surface area contributed by atoms with Crippen molar-refractivity contribution in [2.75, 3.05) is 18.5 Å². The van der Waals surface area contributed by atoms with Crippen LogP contribution in [0, 0.1) is 6.92 Å². The van der Waals surface area contributed by atoms with Gasteiger partial charge in [0.25, 0.3) is 0 Å². The van der Waals surface area contributed by atoms with E-state index in [0.717, 1.165) is 27.7 Å². The lowest BCUT2D eigenvalue weighted by molar-refractivity contribution is -0.116. The number of hydrogen-bond acceptors (Lipinski definition) is 9. The van der Waals surface area contributed by atoms with Crippen LogP contribution < -0.4 is 15.4 Å². The number of fused-ring (bicyclic) bond motifs is 2. The van der Waals surface area contributed by atoms with E-state index in [9.17, 15) is 4.79 Å². The van der Waals surface area contributed by atoms with Gasteiger partial charge in [-0.25, -0.2) is 15.0 Å². The zero-order valence-electron chi connectivity index (χ0n) is 19.3. The highest BCUT2D eigenvalue weighted by atomic mass is 16.5. The number of aryl methyl sites for hydroxylation is 1. The number of benzene rings is 2. The van der Waals surface area contributed by atoms with Crippen LogP contribution >= 0.6 is 0 Å². The molecule has 36 heavy (non-hydrogen) atoms. The van der Waals surface area contributed by atoms with E-state index in [4.69, 9.17) is 9.84 Å². The normalized spacial score (nSPS) is 11.3. The number of aromatic nitrogens is 6. The Hall–Kier alpha value is -4.90. The molecular weight excluding hydrogens is 460 g/mol. The molecule has 0 aliphatic rings. The summed E-state index contributed by atoms with van der Waals surface area (Å²) in [5.74, 6) is 1.44. The first-order valence-electron chi connectivity index (χ1n) is 11.1. The molecule has 11 heteroatoms. The summed E-state index contributed by atoms with van der Waals surface area (Å²) in [5, 5.41) is 23.4. The van der Waals surface area contributed by atoms with Crippen molar-refractivity contribution in [2.45, 2.75) is 6.92 Å². The van der Waals surface area contributed by atoms with Crippen LogP contribution in [-0.4, -0.2) is 53.7 Å². The quantitative estimate of drug-likeness (QED) is 0.285. The number of anilines is 2. The van der Waals surface area contributed by atoms with Gasteiger partial charge < -0.3 is 20.5 Å². The molecule has 0 fully saturated rings. The minimum Gasteiger partial charge on any atom is -0.439 e. The van der Waals surface area contributed by atoms with E-state index >= 15 is 0 Å². The zero-order chi connectivity index (χ0) is 24.9. The van der Waals surface area contributed by atoms with Crippen LogP contribution in [-0.2, 0) is 4.79 Å². The van der Waals surface area contributed by atoms with Gasteiger partial charge in [-0.3, -0.25) is 9.20 Å². The zero-order valence-corrected chi connectivity index (χ0v) is 19.3. The molecular formula is C25H22N8O3. The molecule has 1 amide bonds. The Balaban J connectivity index is 1.35. The summed E-state index contributed by atoms with van der Waals surface area (Å²) in [6.07, 6.45) is 7.79. The predicted octanol–water partition coefficient (Wildman–Crippen LogP) is 3.03. The maximum atomic E-state index is 11.8. The van der Waals surface area contributed by atoms with E-state index in [1.165, 1.54) is 12.4 Å². The average molecular weight is 483 g/mol. The minimum atomic E-state index is -0.277. The summed E-state index contributed by atoms with van der Waals surface area (Å²) < 4.78 is 7.65. The molecule has 0 unspecified atom stereocenters. The highest BCUT2D eigenvalue weighted by Gasteiger charge is 2.09. The summed E-state index contributed by atoms with van der Waals surface area (Å²) in [6.45, 7) is 2.04. The van der Waals surface area contributed by atoms with E-state index in [2.05, 4.69) is 35.8 Å². The van der Waals surface area contributed by atoms with Gasteiger partial charge in [-0.05, 0) is 54.5 Å². The summed E-state index contributed by atoms with van der Waals surface area (Å²) in [6, 6.07) is 13.1. The van der Waals surface area contributed by atoms with E-state index in [1.54, 1.807) is 29.2 Å². The second kappa shape index (κ2) is 10.2. The Labute approximate surface area is 205 Å². The second-order valence-corrected chi connectivity index (χ2v) is 7.88. The van der Waals surface area contributed by atoms with Gasteiger partial charge in [-0.1, -0.05) is 6.07 Å². The highest BCUT2D eigenvalue weighted by molar-refractivity contribution is 5.95. The summed E-state index contributed by atoms with van der Waals surface area (Å²) >= 11 is 0. The minimum absolute atomic E-state index is 0.107. The molecule has 5 aromatic rings. The van der Waals surface area contributed by atoms with Crippen molar-refractivity contribution in [3.05, 3.63) is 78.6 Å². The molecule has 3 aromatic heterocycles. The van der Waals surface area contributed by atoms with Gasteiger partial charge in [-0.2, -0.15) is 0 Å². The highest BCUT2D eigenvalue weighted by Crippen LogP contribution is 2.29. The first-order valence-corrected chi connectivity index (χ1v) is 11.1. The standard InChI is InChI=1S/C25H22N8O3/c1-16-10-18(4-6-21(16)36-24-12-22-32-30-15-33(22)14-29-24)31-25-19-11-17(2-5-20(19)27-13-28-25)3-7-23(35)26-8-9-34/h2-7,10-15,34H,8-9H2,1H3,(H,26,35)(H,27,28,31). The molecule has 0 saturated carbocycles. The van der Waals surface area contributed by atoms with Crippen molar-refractivity contribution in [3.8, 4) is 11.6 Å². The van der Waals surface area contributed by atoms with E-state index in [0.29, 0.717) is 23.1 Å². The lowest BCUT2D eigenvalue weighted by Crippen LogP contribution is -2.24. The van der Waals surface area contributed by atoms with Crippen molar-refractivity contribution in [1.29, 1.82) is 0 Å². The van der Waals surface area contributed by atoms with Crippen LogP contribution in [0.15, 0.2) is 67.5 Å². The average Bonchev–Trinajstić information content (AvgIpc) is 3.36. The Morgan fingerprint density at radius 3 is 2.89 bits per heavy atom. The lowest BCUT2D eigenvalue weighted by atomic mass is 10.1. The molecule has 2 aromatic carbocycles. The number of rotatable bonds is 8. The smallest absolute Gasteiger partial charge is 0.244 e. The molecule has 0 spiro atoms. The summed E-state index contributed by atoms with van der Waals surface area (Å²) in [5.41, 5.74) is 3.95. The Kier molecular flexibility index (Phi) is 6.45. The predicted molar refractivity (Wildman–Crippen MR) is 134 cm³/mol. The van der Waals surface area contributed by atoms with Gasteiger partial charge >= 0.3 is 0 Å². The van der Waals surface area contributed by atoms with Gasteiger partial charge in [-0.15, -0.1) is 10.2 Å². The third-order valence-corrected chi connectivity index (χ3v) is 5.31. The number of amides is 1. The molecule has 0 radical (unpaired) electrons. The largest absolute Gasteiger partial charge is 0.439 e. The van der Waals surface area contributed by atoms with Gasteiger partial charge in [0.2, 0.25) is 11.8 Å². The summed E-state index contributed by atoms with van der Waals surface area (Å²) in [4.78, 5) is 24.8. The second-order valence-electron chi connectivity index (χ2n) is 7.88. The molecule has 0 atom stereocenters. The Morgan fingerprint density at radius 2 is 2.03 bits per heavy atom. The van der Waals surface area contributed by atoms with Crippen LogP contribution in [0.2, 0.25) is 0 Å². The third kappa shape index (κ3) is 5.10. The number of hydrogen-bond donors (Lipinski definition) is 3. The van der Waals surface area contributed by atoms with Crippen molar-refractivity contribution in [1.82, 2.24) is 34.9 Å². The van der Waals surface area contributed by atoms with Gasteiger partial charge in [0.05, 0.1) is 12.1 Å². The molecule has 180 valence electrons. The molecule has 0 bridgehead atoms. The first-order chi connectivity index (χ1) is 17.6. The fourth-order valence-electron chi connectivity index (χ4n) is 3.54. The van der Waals surface area contributed by atoms with Crippen molar-refractivity contribution < 1.29 is 14.6 Å². The van der Waals surface area contributed by atoms with Gasteiger partial charge in [0, 0.05) is 29.8 Å². The first kappa shape index (κ1) is 22.9. The van der Waals surface area contributed by atoms with Crippen LogP contribution in [0.1, 0.15) is 11.1 Å². The van der Waals surface area contributed by atoms with Crippen LogP contribution in [0.5, 0.6) is 11.6 Å². The number of aliphatic hydroxyl groups is 1. The fraction of sp³-hybridized carbons (Fsp3) is 0.120. The molecule has 0 aliphatic carbocycles. The molecule has 11 nitrogen and oxygen atoms in total. The van der Waals surface area contributed by atoms with E-state index < -0.39 is 0 Å². The molecule has 0 aliphatic heterocycles. The molecule has 3 N–H and O–H groups in total. The lowest BCUT2D eigenvalue weighted by Gasteiger charge is -2.12. The van der Waals surface area contributed by atoms with Gasteiger partial charge in [0.15, 0.2) is 5.65 Å². The van der Waals surface area contributed by atoms with E-state index in [1.807, 2.05) is 43.3 Å². The molecule has 5 rings (SSSR count). The van der Waals surface area contributed by atoms with Crippen molar-refractivity contribution >= 4 is 40.0 Å². The van der Waals surface area contributed by atoms with E-state index in [-0.39, 0.29) is 19.1 Å². The maximum Gasteiger partial charge on any atom is 0.244 e. The number of nitrogens with one attached hydrogen (secondary N) is 2. The third-order valence-electron chi connectivity index (χ3n) is 5.31. The molecule has 3 heterocycles. The van der Waals surface area contributed by atoms with Crippen LogP contribution in [0.4, 0.5) is 11.5 Å². The number of aliphatic hydroxyl groups excluding tert-OH is 1. The van der Waals surface area contributed by atoms with Crippen LogP contribution in [0.3, 0.4) is 0 Å². The molecule has 0 saturated heterocycles. The Bertz CT molecular complexity index is 1580. The fourth-order valence-corrected chi connectivity index (χ4v) is 3.54. The number of carbonyl (C=O) groups is 1. The summed E-state index contributed by atoms with van der Waals surface area (Å²) in [7, 11) is 0. The van der Waals surface area contributed by atoms with Crippen molar-refractivity contribution in [3.63, 3.8) is 0 Å². The number of nitrogens with zero attached hydrogens (tertiary/aromatic N) is 6. The maximum absolute atomic E-state index is 11.8. The topological polar surface area (TPSA) is 139 Å².